The molecule has 122 valence electrons. The zero-order valence-electron chi connectivity index (χ0n) is 12.6. The molecule has 1 saturated heterocycles. The van der Waals surface area contributed by atoms with Crippen LogP contribution in [0.25, 0.3) is 6.08 Å². The van der Waals surface area contributed by atoms with Gasteiger partial charge in [0.15, 0.2) is 0 Å². The first-order chi connectivity index (χ1) is 11.1. The number of rotatable bonds is 6. The standard InChI is InChI=1S/C15H18N4O3S/c1-2-12-3-5-15(6-4-12)23(20,21)16-9-13-10-19(18-17-13)14-7-8-22-11-14/h2-6,10,14,16H,1,7-9,11H2. The Morgan fingerprint density at radius 3 is 2.83 bits per heavy atom. The average molecular weight is 334 g/mol. The second-order valence-corrected chi connectivity index (χ2v) is 7.07. The SMILES string of the molecule is C=Cc1ccc(S(=O)(=O)NCc2cn(C3CCOC3)nn2)cc1. The summed E-state index contributed by atoms with van der Waals surface area (Å²) in [7, 11) is -3.58. The Bertz CT molecular complexity index is 777. The van der Waals surface area contributed by atoms with E-state index in [9.17, 15) is 8.42 Å². The number of sulfonamides is 1. The first-order valence-electron chi connectivity index (χ1n) is 7.29. The molecule has 3 rings (SSSR count). The molecular weight excluding hydrogens is 316 g/mol. The fourth-order valence-electron chi connectivity index (χ4n) is 2.34. The summed E-state index contributed by atoms with van der Waals surface area (Å²) in [5.74, 6) is 0. The average Bonchev–Trinajstić information content (AvgIpc) is 3.24. The molecule has 2 aromatic rings. The Morgan fingerprint density at radius 2 is 2.17 bits per heavy atom. The Hall–Kier alpha value is -2.03. The van der Waals surface area contributed by atoms with Gasteiger partial charge < -0.3 is 4.74 Å². The van der Waals surface area contributed by atoms with E-state index in [1.54, 1.807) is 41.2 Å². The molecule has 0 spiro atoms. The highest BCUT2D eigenvalue weighted by Crippen LogP contribution is 2.17. The molecule has 0 saturated carbocycles. The Balaban J connectivity index is 1.65. The summed E-state index contributed by atoms with van der Waals surface area (Å²) < 4.78 is 34.1. The van der Waals surface area contributed by atoms with Crippen molar-refractivity contribution < 1.29 is 13.2 Å². The van der Waals surface area contributed by atoms with Crippen LogP contribution in [0.15, 0.2) is 41.9 Å². The van der Waals surface area contributed by atoms with Crippen LogP contribution < -0.4 is 4.72 Å². The minimum Gasteiger partial charge on any atom is -0.379 e. The molecule has 0 bridgehead atoms. The molecule has 1 fully saturated rings. The molecule has 1 aromatic heterocycles. The summed E-state index contributed by atoms with van der Waals surface area (Å²) in [5.41, 5.74) is 1.44. The number of benzene rings is 1. The van der Waals surface area contributed by atoms with Crippen molar-refractivity contribution in [1.82, 2.24) is 19.7 Å². The van der Waals surface area contributed by atoms with Crippen molar-refractivity contribution in [1.29, 1.82) is 0 Å². The summed E-state index contributed by atoms with van der Waals surface area (Å²) in [6, 6.07) is 6.69. The van der Waals surface area contributed by atoms with Gasteiger partial charge in [-0.05, 0) is 24.1 Å². The molecule has 1 atom stereocenters. The van der Waals surface area contributed by atoms with Crippen molar-refractivity contribution in [3.8, 4) is 0 Å². The molecule has 1 aliphatic heterocycles. The van der Waals surface area contributed by atoms with Crippen LogP contribution in [-0.4, -0.2) is 36.6 Å². The lowest BCUT2D eigenvalue weighted by atomic mass is 10.2. The third-order valence-electron chi connectivity index (χ3n) is 3.71. The van der Waals surface area contributed by atoms with Gasteiger partial charge in [0.1, 0.15) is 0 Å². The predicted molar refractivity (Wildman–Crippen MR) is 85.1 cm³/mol. The lowest BCUT2D eigenvalue weighted by Crippen LogP contribution is -2.23. The molecule has 23 heavy (non-hydrogen) atoms. The zero-order valence-corrected chi connectivity index (χ0v) is 13.4. The first kappa shape index (κ1) is 15.9. The van der Waals surface area contributed by atoms with Gasteiger partial charge in [0.25, 0.3) is 0 Å². The topological polar surface area (TPSA) is 86.1 Å². The molecule has 1 N–H and O–H groups in total. The molecule has 0 aliphatic carbocycles. The van der Waals surface area contributed by atoms with Crippen LogP contribution >= 0.6 is 0 Å². The van der Waals surface area contributed by atoms with Crippen LogP contribution in [0.5, 0.6) is 0 Å². The second kappa shape index (κ2) is 6.61. The van der Waals surface area contributed by atoms with Crippen LogP contribution in [0.4, 0.5) is 0 Å². The zero-order chi connectivity index (χ0) is 16.3. The fourth-order valence-corrected chi connectivity index (χ4v) is 3.34. The Labute approximate surface area is 135 Å². The van der Waals surface area contributed by atoms with E-state index in [-0.39, 0.29) is 17.5 Å². The van der Waals surface area contributed by atoms with Gasteiger partial charge in [-0.2, -0.15) is 0 Å². The summed E-state index contributed by atoms with van der Waals surface area (Å²) in [4.78, 5) is 0.208. The molecule has 0 radical (unpaired) electrons. The maximum absolute atomic E-state index is 12.3. The number of aromatic nitrogens is 3. The molecule has 1 aromatic carbocycles. The van der Waals surface area contributed by atoms with E-state index in [2.05, 4.69) is 21.6 Å². The van der Waals surface area contributed by atoms with Crippen LogP contribution in [-0.2, 0) is 21.3 Å². The largest absolute Gasteiger partial charge is 0.379 e. The fraction of sp³-hybridized carbons (Fsp3) is 0.333. The van der Waals surface area contributed by atoms with Crippen molar-refractivity contribution in [3.05, 3.63) is 48.3 Å². The van der Waals surface area contributed by atoms with Crippen molar-refractivity contribution in [2.75, 3.05) is 13.2 Å². The number of ether oxygens (including phenoxy) is 1. The highest BCUT2D eigenvalue weighted by molar-refractivity contribution is 7.89. The molecule has 1 aliphatic rings. The van der Waals surface area contributed by atoms with Crippen LogP contribution in [0.2, 0.25) is 0 Å². The normalized spacial score (nSPS) is 18.2. The number of nitrogens with zero attached hydrogens (tertiary/aromatic N) is 3. The number of hydrogen-bond donors (Lipinski definition) is 1. The van der Waals surface area contributed by atoms with Crippen molar-refractivity contribution in [2.24, 2.45) is 0 Å². The van der Waals surface area contributed by atoms with E-state index in [0.717, 1.165) is 12.0 Å². The first-order valence-corrected chi connectivity index (χ1v) is 8.77. The van der Waals surface area contributed by atoms with Gasteiger partial charge in [-0.15, -0.1) is 5.10 Å². The van der Waals surface area contributed by atoms with Gasteiger partial charge in [0, 0.05) is 6.61 Å². The van der Waals surface area contributed by atoms with Gasteiger partial charge in [0.2, 0.25) is 10.0 Å². The van der Waals surface area contributed by atoms with Gasteiger partial charge >= 0.3 is 0 Å². The Kier molecular flexibility index (Phi) is 4.56. The number of nitrogens with one attached hydrogen (secondary N) is 1. The van der Waals surface area contributed by atoms with E-state index in [1.807, 2.05) is 0 Å². The van der Waals surface area contributed by atoms with Gasteiger partial charge in [-0.25, -0.2) is 17.8 Å². The summed E-state index contributed by atoms with van der Waals surface area (Å²) in [6.07, 6.45) is 4.31. The van der Waals surface area contributed by atoms with E-state index in [0.29, 0.717) is 18.9 Å². The van der Waals surface area contributed by atoms with Crippen molar-refractivity contribution in [2.45, 2.75) is 23.9 Å². The minimum absolute atomic E-state index is 0.0963. The smallest absolute Gasteiger partial charge is 0.240 e. The maximum atomic E-state index is 12.3. The van der Waals surface area contributed by atoms with Crippen molar-refractivity contribution in [3.63, 3.8) is 0 Å². The molecule has 0 amide bonds. The molecule has 1 unspecified atom stereocenters. The van der Waals surface area contributed by atoms with E-state index >= 15 is 0 Å². The number of hydrogen-bond acceptors (Lipinski definition) is 5. The Morgan fingerprint density at radius 1 is 1.39 bits per heavy atom. The summed E-state index contributed by atoms with van der Waals surface area (Å²) >= 11 is 0. The maximum Gasteiger partial charge on any atom is 0.240 e. The summed E-state index contributed by atoms with van der Waals surface area (Å²) in [5, 5.41) is 8.04. The van der Waals surface area contributed by atoms with E-state index < -0.39 is 10.0 Å². The monoisotopic (exact) mass is 334 g/mol. The van der Waals surface area contributed by atoms with Crippen LogP contribution in [0.3, 0.4) is 0 Å². The second-order valence-electron chi connectivity index (χ2n) is 5.31. The van der Waals surface area contributed by atoms with Crippen LogP contribution in [0.1, 0.15) is 23.7 Å². The quantitative estimate of drug-likeness (QED) is 0.862. The van der Waals surface area contributed by atoms with Crippen molar-refractivity contribution >= 4 is 16.1 Å². The lowest BCUT2D eigenvalue weighted by Gasteiger charge is -2.06. The van der Waals surface area contributed by atoms with Gasteiger partial charge in [0.05, 0.1) is 36.0 Å². The van der Waals surface area contributed by atoms with Gasteiger partial charge in [-0.1, -0.05) is 30.0 Å². The van der Waals surface area contributed by atoms with E-state index in [4.69, 9.17) is 4.74 Å². The third kappa shape index (κ3) is 3.66. The molecule has 8 heteroatoms. The summed E-state index contributed by atoms with van der Waals surface area (Å²) in [6.45, 7) is 5.07. The molecular formula is C15H18N4O3S. The van der Waals surface area contributed by atoms with Crippen LogP contribution in [0, 0.1) is 0 Å². The minimum atomic E-state index is -3.58. The van der Waals surface area contributed by atoms with Gasteiger partial charge in [-0.3, -0.25) is 0 Å². The molecule has 7 nitrogen and oxygen atoms in total. The highest BCUT2D eigenvalue weighted by atomic mass is 32.2. The predicted octanol–water partition coefficient (Wildman–Crippen LogP) is 1.36. The molecule has 2 heterocycles. The highest BCUT2D eigenvalue weighted by Gasteiger charge is 2.20. The van der Waals surface area contributed by atoms with E-state index in [1.165, 1.54) is 0 Å². The third-order valence-corrected chi connectivity index (χ3v) is 5.12. The lowest BCUT2D eigenvalue weighted by molar-refractivity contribution is 0.184.